The Morgan fingerprint density at radius 1 is 0.579 bits per heavy atom. The van der Waals surface area contributed by atoms with Crippen molar-refractivity contribution in [3.8, 4) is 17.2 Å². The maximum atomic E-state index is 9.37. The van der Waals surface area contributed by atoms with Gasteiger partial charge in [0, 0.05) is 11.5 Å². The minimum Gasteiger partial charge on any atom is -0.508 e. The zero-order valence-electron chi connectivity index (χ0n) is 10.2. The molecular formula is C16H14O3. The summed E-state index contributed by atoms with van der Waals surface area (Å²) < 4.78 is 0. The van der Waals surface area contributed by atoms with Gasteiger partial charge in [0.2, 0.25) is 0 Å². The van der Waals surface area contributed by atoms with Gasteiger partial charge in [-0.25, -0.2) is 0 Å². The summed E-state index contributed by atoms with van der Waals surface area (Å²) >= 11 is 0. The van der Waals surface area contributed by atoms with E-state index in [0.29, 0.717) is 5.75 Å². The smallest absolute Gasteiger partial charge is 0.123 e. The van der Waals surface area contributed by atoms with Gasteiger partial charge in [-0.15, -0.1) is 0 Å². The van der Waals surface area contributed by atoms with Crippen molar-refractivity contribution in [2.75, 3.05) is 0 Å². The van der Waals surface area contributed by atoms with Crippen molar-refractivity contribution >= 4 is 10.8 Å². The largest absolute Gasteiger partial charge is 0.508 e. The summed E-state index contributed by atoms with van der Waals surface area (Å²) in [5.41, 5.74) is 0. The number of aromatic hydroxyl groups is 3. The number of fused-ring (bicyclic) bond motifs is 1. The van der Waals surface area contributed by atoms with E-state index in [1.807, 2.05) is 36.4 Å². The molecular weight excluding hydrogens is 240 g/mol. The summed E-state index contributed by atoms with van der Waals surface area (Å²) in [7, 11) is 0. The van der Waals surface area contributed by atoms with Gasteiger partial charge in [0.15, 0.2) is 0 Å². The zero-order valence-corrected chi connectivity index (χ0v) is 10.2. The molecule has 0 aliphatic heterocycles. The molecule has 0 radical (unpaired) electrons. The number of phenols is 3. The Morgan fingerprint density at radius 2 is 1.16 bits per heavy atom. The fourth-order valence-corrected chi connectivity index (χ4v) is 1.70. The van der Waals surface area contributed by atoms with Crippen LogP contribution in [0.5, 0.6) is 17.2 Å². The van der Waals surface area contributed by atoms with Gasteiger partial charge in [0.1, 0.15) is 17.2 Å². The lowest BCUT2D eigenvalue weighted by atomic mass is 10.1. The van der Waals surface area contributed by atoms with Crippen molar-refractivity contribution in [1.82, 2.24) is 0 Å². The first-order chi connectivity index (χ1) is 9.16. The third kappa shape index (κ3) is 3.39. The number of hydrogen-bond acceptors (Lipinski definition) is 3. The van der Waals surface area contributed by atoms with Crippen LogP contribution >= 0.6 is 0 Å². The van der Waals surface area contributed by atoms with E-state index < -0.39 is 0 Å². The molecule has 3 aromatic carbocycles. The van der Waals surface area contributed by atoms with E-state index >= 15 is 0 Å². The Kier molecular flexibility index (Phi) is 3.88. The van der Waals surface area contributed by atoms with Crippen molar-refractivity contribution in [2.24, 2.45) is 0 Å². The van der Waals surface area contributed by atoms with Gasteiger partial charge in [-0.1, -0.05) is 42.5 Å². The van der Waals surface area contributed by atoms with Crippen molar-refractivity contribution in [3.63, 3.8) is 0 Å². The van der Waals surface area contributed by atoms with Crippen LogP contribution in [-0.4, -0.2) is 15.3 Å². The van der Waals surface area contributed by atoms with Gasteiger partial charge in [-0.05, 0) is 23.6 Å². The number of rotatable bonds is 0. The van der Waals surface area contributed by atoms with Crippen LogP contribution in [0.4, 0.5) is 0 Å². The molecule has 0 fully saturated rings. The summed E-state index contributed by atoms with van der Waals surface area (Å²) in [4.78, 5) is 0. The van der Waals surface area contributed by atoms with Gasteiger partial charge < -0.3 is 15.3 Å². The average molecular weight is 254 g/mol. The maximum Gasteiger partial charge on any atom is 0.123 e. The standard InChI is InChI=1S/C10H8O.C6H6O2/c11-10-7-3-5-8-4-1-2-6-9(8)10;7-5-2-1-3-6(8)4-5/h1-7,11H;1-4,7-8H. The van der Waals surface area contributed by atoms with Crippen LogP contribution < -0.4 is 0 Å². The molecule has 0 spiro atoms. The van der Waals surface area contributed by atoms with E-state index in [2.05, 4.69) is 0 Å². The molecule has 0 unspecified atom stereocenters. The number of hydrogen-bond donors (Lipinski definition) is 3. The highest BCUT2D eigenvalue weighted by Gasteiger charge is 1.94. The van der Waals surface area contributed by atoms with E-state index in [4.69, 9.17) is 10.2 Å². The zero-order chi connectivity index (χ0) is 13.7. The fraction of sp³-hybridized carbons (Fsp3) is 0. The molecule has 3 rings (SSSR count). The highest BCUT2D eigenvalue weighted by atomic mass is 16.3. The summed E-state index contributed by atoms with van der Waals surface area (Å²) in [6, 6.07) is 19.1. The molecule has 0 aliphatic rings. The summed E-state index contributed by atoms with van der Waals surface area (Å²) in [6.45, 7) is 0. The lowest BCUT2D eigenvalue weighted by molar-refractivity contribution is 0.450. The predicted molar refractivity (Wildman–Crippen MR) is 75.4 cm³/mol. The molecule has 0 atom stereocenters. The lowest BCUT2D eigenvalue weighted by Gasteiger charge is -1.97. The van der Waals surface area contributed by atoms with Gasteiger partial charge in [-0.2, -0.15) is 0 Å². The first-order valence-corrected chi connectivity index (χ1v) is 5.81. The molecule has 0 amide bonds. The summed E-state index contributed by atoms with van der Waals surface area (Å²) in [5, 5.41) is 28.7. The third-order valence-electron chi connectivity index (χ3n) is 2.60. The van der Waals surface area contributed by atoms with E-state index in [0.717, 1.165) is 10.8 Å². The Balaban J connectivity index is 0.000000148. The second-order valence-corrected chi connectivity index (χ2v) is 4.02. The molecule has 3 N–H and O–H groups in total. The molecule has 3 aromatic rings. The highest BCUT2D eigenvalue weighted by Crippen LogP contribution is 2.22. The quantitative estimate of drug-likeness (QED) is 0.574. The molecule has 3 nitrogen and oxygen atoms in total. The third-order valence-corrected chi connectivity index (χ3v) is 2.60. The van der Waals surface area contributed by atoms with Crippen LogP contribution in [0.25, 0.3) is 10.8 Å². The van der Waals surface area contributed by atoms with Gasteiger partial charge in [0.05, 0.1) is 0 Å². The Bertz CT molecular complexity index is 655. The average Bonchev–Trinajstić information content (AvgIpc) is 2.40. The van der Waals surface area contributed by atoms with Gasteiger partial charge >= 0.3 is 0 Å². The molecule has 0 bridgehead atoms. The van der Waals surface area contributed by atoms with Crippen LogP contribution in [0.2, 0.25) is 0 Å². The van der Waals surface area contributed by atoms with Crippen molar-refractivity contribution < 1.29 is 15.3 Å². The number of phenolic OH excluding ortho intramolecular Hbond substituents is 3. The van der Waals surface area contributed by atoms with Crippen LogP contribution in [-0.2, 0) is 0 Å². The van der Waals surface area contributed by atoms with E-state index in [-0.39, 0.29) is 11.5 Å². The van der Waals surface area contributed by atoms with Crippen LogP contribution in [0.15, 0.2) is 66.7 Å². The first kappa shape index (κ1) is 12.8. The van der Waals surface area contributed by atoms with E-state index in [1.54, 1.807) is 12.1 Å². The SMILES string of the molecule is Oc1cccc(O)c1.Oc1cccc2ccccc12. The van der Waals surface area contributed by atoms with Gasteiger partial charge in [0.25, 0.3) is 0 Å². The van der Waals surface area contributed by atoms with Crippen LogP contribution in [0.1, 0.15) is 0 Å². The minimum atomic E-state index is 0.0880. The lowest BCUT2D eigenvalue weighted by Crippen LogP contribution is -1.70. The van der Waals surface area contributed by atoms with Gasteiger partial charge in [-0.3, -0.25) is 0 Å². The normalized spacial score (nSPS) is 9.68. The molecule has 0 saturated carbocycles. The molecule has 0 saturated heterocycles. The van der Waals surface area contributed by atoms with Crippen molar-refractivity contribution in [2.45, 2.75) is 0 Å². The maximum absolute atomic E-state index is 9.37. The number of benzene rings is 3. The predicted octanol–water partition coefficient (Wildman–Crippen LogP) is 3.64. The fourth-order valence-electron chi connectivity index (χ4n) is 1.70. The highest BCUT2D eigenvalue weighted by molar-refractivity contribution is 5.87. The molecule has 19 heavy (non-hydrogen) atoms. The molecule has 0 heterocycles. The van der Waals surface area contributed by atoms with Crippen LogP contribution in [0, 0.1) is 0 Å². The molecule has 3 heteroatoms. The molecule has 0 aromatic heterocycles. The Hall–Kier alpha value is -2.68. The van der Waals surface area contributed by atoms with Crippen molar-refractivity contribution in [1.29, 1.82) is 0 Å². The molecule has 0 aliphatic carbocycles. The van der Waals surface area contributed by atoms with Crippen molar-refractivity contribution in [3.05, 3.63) is 66.7 Å². The second-order valence-electron chi connectivity index (χ2n) is 4.02. The Morgan fingerprint density at radius 3 is 1.74 bits per heavy atom. The molecule has 96 valence electrons. The minimum absolute atomic E-state index is 0.0880. The second kappa shape index (κ2) is 5.78. The monoisotopic (exact) mass is 254 g/mol. The Labute approximate surface area is 111 Å². The van der Waals surface area contributed by atoms with E-state index in [9.17, 15) is 5.11 Å². The summed E-state index contributed by atoms with van der Waals surface area (Å²) in [5.74, 6) is 0.526. The summed E-state index contributed by atoms with van der Waals surface area (Å²) in [6.07, 6.45) is 0. The first-order valence-electron chi connectivity index (χ1n) is 5.81. The van der Waals surface area contributed by atoms with Crippen LogP contribution in [0.3, 0.4) is 0 Å². The topological polar surface area (TPSA) is 60.7 Å². The van der Waals surface area contributed by atoms with E-state index in [1.165, 1.54) is 18.2 Å².